The third-order valence-corrected chi connectivity index (χ3v) is 5.25. The average molecular weight is 512 g/mol. The second-order valence-electron chi connectivity index (χ2n) is 7.56. The molecule has 0 saturated heterocycles. The quantitative estimate of drug-likeness (QED) is 0.227. The number of para-hydroxylation sites is 3. The maximum atomic E-state index is 12.9. The Labute approximate surface area is 215 Å². The number of carbonyl (C=O) groups excluding carboxylic acids is 2. The van der Waals surface area contributed by atoms with Gasteiger partial charge in [-0.25, -0.2) is 4.79 Å². The van der Waals surface area contributed by atoms with Crippen LogP contribution in [0.2, 0.25) is 0 Å². The van der Waals surface area contributed by atoms with E-state index >= 15 is 0 Å². The maximum Gasteiger partial charge on any atom is 0.412 e. The predicted molar refractivity (Wildman–Crippen MR) is 139 cm³/mol. The van der Waals surface area contributed by atoms with Crippen LogP contribution in [0.1, 0.15) is 18.1 Å². The molecule has 0 bridgehead atoms. The van der Waals surface area contributed by atoms with Crippen molar-refractivity contribution in [1.29, 1.82) is 0 Å². The fraction of sp³-hybridized carbons (Fsp3) is 0.259. The van der Waals surface area contributed by atoms with Gasteiger partial charge in [0.1, 0.15) is 24.2 Å². The van der Waals surface area contributed by atoms with Crippen molar-refractivity contribution in [3.8, 4) is 11.5 Å². The molecule has 0 fully saturated rings. The van der Waals surface area contributed by atoms with E-state index in [9.17, 15) is 14.7 Å². The number of benzene rings is 3. The fourth-order valence-corrected chi connectivity index (χ4v) is 3.50. The summed E-state index contributed by atoms with van der Waals surface area (Å²) in [6.07, 6.45) is -2.18. The summed E-state index contributed by atoms with van der Waals surface area (Å²) in [7, 11) is 0. The first-order chi connectivity index (χ1) is 17.6. The van der Waals surface area contributed by atoms with Gasteiger partial charge in [0.15, 0.2) is 6.10 Å². The van der Waals surface area contributed by atoms with Crippen molar-refractivity contribution in [2.45, 2.75) is 18.6 Å². The number of aliphatic hydroxyl groups excluding tert-OH is 1. The molecule has 0 aliphatic carbocycles. The molecule has 36 heavy (non-hydrogen) atoms. The van der Waals surface area contributed by atoms with Gasteiger partial charge in [0.2, 0.25) is 0 Å². The number of hydrogen-bond donors (Lipinski definition) is 3. The zero-order valence-corrected chi connectivity index (χ0v) is 20.5. The molecular formula is C27H29NO7S. The van der Waals surface area contributed by atoms with E-state index in [2.05, 4.69) is 17.9 Å². The van der Waals surface area contributed by atoms with Crippen LogP contribution in [0.5, 0.6) is 11.5 Å². The molecule has 0 aromatic heterocycles. The summed E-state index contributed by atoms with van der Waals surface area (Å²) in [5, 5.41) is 12.0. The van der Waals surface area contributed by atoms with E-state index < -0.39 is 24.3 Å². The van der Waals surface area contributed by atoms with Gasteiger partial charge in [-0.1, -0.05) is 54.6 Å². The molecule has 2 N–H and O–H groups in total. The number of carbonyl (C=O) groups is 2. The molecule has 3 rings (SSSR count). The van der Waals surface area contributed by atoms with Crippen LogP contribution in [0.4, 0.5) is 10.5 Å². The van der Waals surface area contributed by atoms with Crippen LogP contribution in [0.3, 0.4) is 0 Å². The van der Waals surface area contributed by atoms with Crippen molar-refractivity contribution >= 4 is 30.4 Å². The molecule has 3 aromatic carbocycles. The molecule has 0 radical (unpaired) electrons. The third kappa shape index (κ3) is 8.51. The van der Waals surface area contributed by atoms with Gasteiger partial charge in [0.05, 0.1) is 19.0 Å². The molecule has 1 amide bonds. The number of thiol groups is 1. The highest BCUT2D eigenvalue weighted by Gasteiger charge is 2.32. The summed E-state index contributed by atoms with van der Waals surface area (Å²) >= 11 is 3.94. The molecule has 0 spiro atoms. The zero-order chi connectivity index (χ0) is 25.6. The Morgan fingerprint density at radius 2 is 1.56 bits per heavy atom. The van der Waals surface area contributed by atoms with Crippen LogP contribution in [0, 0.1) is 0 Å². The Morgan fingerprint density at radius 1 is 0.889 bits per heavy atom. The van der Waals surface area contributed by atoms with E-state index in [0.29, 0.717) is 22.7 Å². The van der Waals surface area contributed by atoms with Gasteiger partial charge in [-0.3, -0.25) is 10.1 Å². The minimum Gasteiger partial charge on any atom is -0.491 e. The smallest absolute Gasteiger partial charge is 0.412 e. The minimum atomic E-state index is -0.946. The van der Waals surface area contributed by atoms with E-state index in [-0.39, 0.29) is 32.0 Å². The summed E-state index contributed by atoms with van der Waals surface area (Å²) in [4.78, 5) is 24.6. The third-order valence-electron chi connectivity index (χ3n) is 4.99. The Hall–Kier alpha value is -3.69. The van der Waals surface area contributed by atoms with Crippen LogP contribution < -0.4 is 14.8 Å². The van der Waals surface area contributed by atoms with Crippen molar-refractivity contribution < 1.29 is 33.6 Å². The number of esters is 1. The van der Waals surface area contributed by atoms with Crippen molar-refractivity contribution in [2.75, 3.05) is 30.9 Å². The van der Waals surface area contributed by atoms with E-state index in [1.165, 1.54) is 0 Å². The number of amides is 1. The van der Waals surface area contributed by atoms with E-state index in [1.807, 2.05) is 24.3 Å². The highest BCUT2D eigenvalue weighted by atomic mass is 32.1. The highest BCUT2D eigenvalue weighted by Crippen LogP contribution is 2.34. The monoisotopic (exact) mass is 511 g/mol. The van der Waals surface area contributed by atoms with Crippen LogP contribution in [-0.4, -0.2) is 48.8 Å². The van der Waals surface area contributed by atoms with Gasteiger partial charge >= 0.3 is 12.1 Å². The average Bonchev–Trinajstić information content (AvgIpc) is 2.91. The van der Waals surface area contributed by atoms with Crippen molar-refractivity contribution in [1.82, 2.24) is 0 Å². The Bertz CT molecular complexity index is 1080. The van der Waals surface area contributed by atoms with Crippen LogP contribution in [-0.2, 0) is 14.3 Å². The summed E-state index contributed by atoms with van der Waals surface area (Å²) in [5.74, 6) is 0.455. The van der Waals surface area contributed by atoms with Crippen LogP contribution >= 0.6 is 12.6 Å². The van der Waals surface area contributed by atoms with Gasteiger partial charge in [-0.2, -0.15) is 12.6 Å². The molecule has 2 atom stereocenters. The maximum absolute atomic E-state index is 12.9. The summed E-state index contributed by atoms with van der Waals surface area (Å²) in [6.45, 7) is -0.0988. The predicted octanol–water partition coefficient (Wildman–Crippen LogP) is 4.66. The summed E-state index contributed by atoms with van der Waals surface area (Å²) < 4.78 is 23.1. The van der Waals surface area contributed by atoms with Crippen molar-refractivity contribution in [3.05, 3.63) is 90.5 Å². The molecule has 0 aliphatic heterocycles. The van der Waals surface area contributed by atoms with Crippen molar-refractivity contribution in [3.63, 3.8) is 0 Å². The van der Waals surface area contributed by atoms with Gasteiger partial charge in [-0.05, 0) is 30.3 Å². The van der Waals surface area contributed by atoms with Gasteiger partial charge in [0.25, 0.3) is 0 Å². The number of rotatable bonds is 13. The van der Waals surface area contributed by atoms with Crippen LogP contribution in [0.25, 0.3) is 0 Å². The van der Waals surface area contributed by atoms with Gasteiger partial charge in [-0.15, -0.1) is 0 Å². The molecular weight excluding hydrogens is 482 g/mol. The normalized spacial score (nSPS) is 12.2. The molecule has 3 aromatic rings. The van der Waals surface area contributed by atoms with E-state index in [0.717, 1.165) is 0 Å². The lowest BCUT2D eigenvalue weighted by Gasteiger charge is -2.29. The number of anilines is 1. The molecule has 0 aliphatic rings. The molecule has 8 nitrogen and oxygen atoms in total. The first kappa shape index (κ1) is 26.9. The molecule has 190 valence electrons. The first-order valence-electron chi connectivity index (χ1n) is 11.4. The van der Waals surface area contributed by atoms with Crippen LogP contribution in [0.15, 0.2) is 84.9 Å². The largest absolute Gasteiger partial charge is 0.491 e. The number of aliphatic hydroxyl groups is 1. The number of hydrogen-bond acceptors (Lipinski definition) is 8. The molecule has 0 unspecified atom stereocenters. The lowest BCUT2D eigenvalue weighted by atomic mass is 10.0. The number of ether oxygens (including phenoxy) is 4. The fourth-order valence-electron chi connectivity index (χ4n) is 3.41. The standard InChI is InChI=1S/C27H29NO7S/c29-16-18-32-23-14-8-7-13-22(23)26(35-27(31)28-20-9-3-1-4-10-20)24(15-17-33-25(30)19-36)34-21-11-5-2-6-12-21/h1-14,24,26,29,36H,15-19H2,(H,28,31)/t24-,26-/m1/s1. The Kier molecular flexibility index (Phi) is 10.9. The van der Waals surface area contributed by atoms with Gasteiger partial charge in [0, 0.05) is 17.7 Å². The second kappa shape index (κ2) is 14.7. The SMILES string of the molecule is O=C(CS)OCC[C@@H](Oc1ccccc1)[C@H](OC(=O)Nc1ccccc1)c1ccccc1OCCO. The topological polar surface area (TPSA) is 103 Å². The second-order valence-corrected chi connectivity index (χ2v) is 7.88. The lowest BCUT2D eigenvalue weighted by Crippen LogP contribution is -2.32. The Morgan fingerprint density at radius 3 is 2.25 bits per heavy atom. The first-order valence-corrected chi connectivity index (χ1v) is 12.1. The van der Waals surface area contributed by atoms with Gasteiger partial charge < -0.3 is 24.1 Å². The van der Waals surface area contributed by atoms with E-state index in [4.69, 9.17) is 18.9 Å². The molecule has 0 saturated carbocycles. The Balaban J connectivity index is 1.93. The molecule has 9 heteroatoms. The minimum absolute atomic E-state index is 0.0245. The van der Waals surface area contributed by atoms with Crippen molar-refractivity contribution in [2.24, 2.45) is 0 Å². The summed E-state index contributed by atoms with van der Waals surface area (Å²) in [6, 6.07) is 25.0. The highest BCUT2D eigenvalue weighted by molar-refractivity contribution is 7.81. The molecule has 0 heterocycles. The van der Waals surface area contributed by atoms with E-state index in [1.54, 1.807) is 60.7 Å². The summed E-state index contributed by atoms with van der Waals surface area (Å²) in [5.41, 5.74) is 1.10. The number of nitrogens with one attached hydrogen (secondary N) is 1. The lowest BCUT2D eigenvalue weighted by molar-refractivity contribution is -0.141. The zero-order valence-electron chi connectivity index (χ0n) is 19.6.